The lowest BCUT2D eigenvalue weighted by Crippen LogP contribution is -2.30. The molecule has 1 atom stereocenters. The van der Waals surface area contributed by atoms with Crippen LogP contribution in [0.25, 0.3) is 0 Å². The van der Waals surface area contributed by atoms with E-state index in [1.807, 2.05) is 31.2 Å². The summed E-state index contributed by atoms with van der Waals surface area (Å²) in [6, 6.07) is 7.60. The van der Waals surface area contributed by atoms with Crippen LogP contribution in [0.1, 0.15) is 18.5 Å². The molecule has 1 aromatic carbocycles. The topological polar surface area (TPSA) is 20.3 Å². The first-order valence-electron chi connectivity index (χ1n) is 4.63. The molecule has 4 heteroatoms. The third-order valence-corrected chi connectivity index (χ3v) is 3.17. The van der Waals surface area contributed by atoms with E-state index in [0.717, 1.165) is 5.56 Å². The average molecular weight is 291 g/mol. The average Bonchev–Trinajstić information content (AvgIpc) is 2.27. The van der Waals surface area contributed by atoms with Crippen LogP contribution in [0.15, 0.2) is 24.3 Å². The number of hydrogen-bond acceptors (Lipinski definition) is 1. The number of carbonyl (C=O) groups excluding carboxylic acids is 1. The zero-order valence-corrected chi connectivity index (χ0v) is 11.0. The van der Waals surface area contributed by atoms with Gasteiger partial charge in [-0.2, -0.15) is 0 Å². The fourth-order valence-corrected chi connectivity index (χ4v) is 1.80. The Kier molecular flexibility index (Phi) is 4.61. The zero-order valence-electron chi connectivity index (χ0n) is 8.71. The van der Waals surface area contributed by atoms with Gasteiger partial charge in [0.1, 0.15) is 0 Å². The molecule has 0 aliphatic rings. The number of halogens is 2. The molecule has 1 amide bonds. The van der Waals surface area contributed by atoms with Gasteiger partial charge >= 0.3 is 0 Å². The maximum atomic E-state index is 11.4. The van der Waals surface area contributed by atoms with Crippen LogP contribution in [0.2, 0.25) is 5.02 Å². The van der Waals surface area contributed by atoms with Crippen LogP contribution in [0, 0.1) is 0 Å². The summed E-state index contributed by atoms with van der Waals surface area (Å²) in [5.41, 5.74) is 1.08. The predicted octanol–water partition coefficient (Wildman–Crippen LogP) is 3.25. The summed E-state index contributed by atoms with van der Waals surface area (Å²) in [5, 5.41) is 1.06. The molecule has 1 rings (SSSR count). The van der Waals surface area contributed by atoms with Gasteiger partial charge in [0, 0.05) is 12.1 Å². The second-order valence-corrected chi connectivity index (χ2v) is 4.36. The van der Waals surface area contributed by atoms with Crippen LogP contribution in [0.3, 0.4) is 0 Å². The summed E-state index contributed by atoms with van der Waals surface area (Å²) in [6.07, 6.45) is 0. The predicted molar refractivity (Wildman–Crippen MR) is 66.4 cm³/mol. The lowest BCUT2D eigenvalue weighted by Gasteiger charge is -2.24. The van der Waals surface area contributed by atoms with Gasteiger partial charge in [-0.3, -0.25) is 4.79 Å². The van der Waals surface area contributed by atoms with Gasteiger partial charge in [-0.05, 0) is 24.6 Å². The van der Waals surface area contributed by atoms with E-state index < -0.39 is 0 Å². The van der Waals surface area contributed by atoms with E-state index in [4.69, 9.17) is 11.6 Å². The molecule has 1 aromatic rings. The normalized spacial score (nSPS) is 12.3. The summed E-state index contributed by atoms with van der Waals surface area (Å²) in [5.74, 6) is 0.0671. The van der Waals surface area contributed by atoms with Crippen molar-refractivity contribution in [2.24, 2.45) is 0 Å². The van der Waals surface area contributed by atoms with Gasteiger partial charge < -0.3 is 4.90 Å². The molecule has 0 spiro atoms. The Hall–Kier alpha value is -0.540. The largest absolute Gasteiger partial charge is 0.338 e. The number of alkyl halides is 1. The van der Waals surface area contributed by atoms with Crippen LogP contribution in [0.4, 0.5) is 0 Å². The number of amides is 1. The van der Waals surface area contributed by atoms with Gasteiger partial charge in [0.2, 0.25) is 5.91 Å². The van der Waals surface area contributed by atoms with Crippen molar-refractivity contribution in [3.05, 3.63) is 34.9 Å². The van der Waals surface area contributed by atoms with Gasteiger partial charge in [0.25, 0.3) is 0 Å². The smallest absolute Gasteiger partial charge is 0.233 e. The number of hydrogen-bond donors (Lipinski definition) is 0. The summed E-state index contributed by atoms with van der Waals surface area (Å²) >= 11 is 8.95. The molecule has 0 N–H and O–H groups in total. The summed E-state index contributed by atoms with van der Waals surface area (Å²) < 4.78 is 0. The van der Waals surface area contributed by atoms with Crippen LogP contribution >= 0.6 is 27.5 Å². The minimum atomic E-state index is 0.0623. The van der Waals surface area contributed by atoms with Crippen molar-refractivity contribution in [1.29, 1.82) is 0 Å². The monoisotopic (exact) mass is 289 g/mol. The number of carbonyl (C=O) groups is 1. The molecule has 2 nitrogen and oxygen atoms in total. The molecule has 15 heavy (non-hydrogen) atoms. The van der Waals surface area contributed by atoms with Gasteiger partial charge in [-0.15, -0.1) is 0 Å². The SMILES string of the molecule is CC(c1ccc(Cl)cc1)N(C)C(=O)CBr. The first kappa shape index (κ1) is 12.5. The number of benzene rings is 1. The molecule has 0 saturated carbocycles. The van der Waals surface area contributed by atoms with Crippen LogP contribution in [-0.2, 0) is 4.79 Å². The highest BCUT2D eigenvalue weighted by atomic mass is 79.9. The van der Waals surface area contributed by atoms with Gasteiger partial charge in [-0.25, -0.2) is 0 Å². The molecule has 0 aliphatic carbocycles. The second-order valence-electron chi connectivity index (χ2n) is 3.37. The quantitative estimate of drug-likeness (QED) is 0.783. The van der Waals surface area contributed by atoms with E-state index in [1.54, 1.807) is 11.9 Å². The van der Waals surface area contributed by atoms with Gasteiger partial charge in [0.05, 0.1) is 11.4 Å². The Balaban J connectivity index is 2.80. The molecule has 0 aliphatic heterocycles. The molecule has 0 aromatic heterocycles. The van der Waals surface area contributed by atoms with Crippen molar-refractivity contribution in [2.75, 3.05) is 12.4 Å². The Morgan fingerprint density at radius 3 is 2.47 bits per heavy atom. The summed E-state index contributed by atoms with van der Waals surface area (Å²) in [6.45, 7) is 1.99. The Bertz CT molecular complexity index is 339. The number of rotatable bonds is 3. The van der Waals surface area contributed by atoms with Crippen molar-refractivity contribution in [3.63, 3.8) is 0 Å². The lowest BCUT2D eigenvalue weighted by molar-refractivity contribution is -0.128. The Morgan fingerprint density at radius 2 is 2.00 bits per heavy atom. The molecule has 0 heterocycles. The molecule has 0 radical (unpaired) electrons. The van der Waals surface area contributed by atoms with E-state index in [9.17, 15) is 4.79 Å². The van der Waals surface area contributed by atoms with Gasteiger partial charge in [0.15, 0.2) is 0 Å². The summed E-state index contributed by atoms with van der Waals surface area (Å²) in [4.78, 5) is 13.2. The van der Waals surface area contributed by atoms with Crippen LogP contribution in [0.5, 0.6) is 0 Å². The molecule has 0 saturated heterocycles. The van der Waals surface area contributed by atoms with Crippen molar-refractivity contribution in [3.8, 4) is 0 Å². The second kappa shape index (κ2) is 5.52. The minimum Gasteiger partial charge on any atom is -0.338 e. The first-order valence-corrected chi connectivity index (χ1v) is 6.13. The molecule has 0 fully saturated rings. The van der Waals surface area contributed by atoms with Crippen molar-refractivity contribution in [2.45, 2.75) is 13.0 Å². The lowest BCUT2D eigenvalue weighted by atomic mass is 10.1. The maximum Gasteiger partial charge on any atom is 0.233 e. The van der Waals surface area contributed by atoms with Crippen molar-refractivity contribution >= 4 is 33.4 Å². The summed E-state index contributed by atoms with van der Waals surface area (Å²) in [7, 11) is 1.79. The van der Waals surface area contributed by atoms with E-state index in [0.29, 0.717) is 10.4 Å². The first-order chi connectivity index (χ1) is 7.06. The van der Waals surface area contributed by atoms with Gasteiger partial charge in [-0.1, -0.05) is 39.7 Å². The molecule has 1 unspecified atom stereocenters. The maximum absolute atomic E-state index is 11.4. The van der Waals surface area contributed by atoms with E-state index in [2.05, 4.69) is 15.9 Å². The standard InChI is InChI=1S/C11H13BrClNO/c1-8(14(2)11(15)7-12)9-3-5-10(13)6-4-9/h3-6,8H,7H2,1-2H3. The van der Waals surface area contributed by atoms with E-state index in [1.165, 1.54) is 0 Å². The fraction of sp³-hybridized carbons (Fsp3) is 0.364. The highest BCUT2D eigenvalue weighted by Crippen LogP contribution is 2.20. The van der Waals surface area contributed by atoms with Crippen LogP contribution < -0.4 is 0 Å². The van der Waals surface area contributed by atoms with Crippen molar-refractivity contribution < 1.29 is 4.79 Å². The molecular weight excluding hydrogens is 277 g/mol. The van der Waals surface area contributed by atoms with E-state index >= 15 is 0 Å². The van der Waals surface area contributed by atoms with Crippen molar-refractivity contribution in [1.82, 2.24) is 4.90 Å². The zero-order chi connectivity index (χ0) is 11.4. The molecular formula is C11H13BrClNO. The third kappa shape index (κ3) is 3.21. The Morgan fingerprint density at radius 1 is 1.47 bits per heavy atom. The Labute approximate surface area is 103 Å². The van der Waals surface area contributed by atoms with Crippen LogP contribution in [-0.4, -0.2) is 23.2 Å². The fourth-order valence-electron chi connectivity index (χ4n) is 1.28. The number of nitrogens with zero attached hydrogens (tertiary/aromatic N) is 1. The minimum absolute atomic E-state index is 0.0623. The third-order valence-electron chi connectivity index (χ3n) is 2.44. The highest BCUT2D eigenvalue weighted by Gasteiger charge is 2.15. The molecule has 82 valence electrons. The van der Waals surface area contributed by atoms with E-state index in [-0.39, 0.29) is 11.9 Å². The molecule has 0 bridgehead atoms. The highest BCUT2D eigenvalue weighted by molar-refractivity contribution is 9.09.